The molecule has 1 heterocycles. The van der Waals surface area contributed by atoms with Crippen LogP contribution in [0, 0.1) is 0 Å². The number of sulfonamides is 1. The molecule has 0 radical (unpaired) electrons. The summed E-state index contributed by atoms with van der Waals surface area (Å²) >= 11 is 0. The van der Waals surface area contributed by atoms with Crippen molar-refractivity contribution in [3.63, 3.8) is 0 Å². The van der Waals surface area contributed by atoms with Crippen LogP contribution in [0.1, 0.15) is 18.5 Å². The smallest absolute Gasteiger partial charge is 0.263 e. The standard InChI is InChI=1S/C19H22N2O6S2/c1-13(14-8-10-15(11-9-14)28(2,23)24)20-19(22)18-12-21(29(3,25)26)16-6-4-5-7-17(16)27-18/h4-11,13,18H,12H2,1-3H3,(H,20,22). The summed E-state index contributed by atoms with van der Waals surface area (Å²) in [7, 11) is -6.89. The lowest BCUT2D eigenvalue weighted by molar-refractivity contribution is -0.128. The van der Waals surface area contributed by atoms with Crippen LogP contribution in [0.2, 0.25) is 0 Å². The van der Waals surface area contributed by atoms with Gasteiger partial charge >= 0.3 is 0 Å². The molecule has 2 unspecified atom stereocenters. The molecule has 156 valence electrons. The maximum Gasteiger partial charge on any atom is 0.263 e. The number of nitrogens with one attached hydrogen (secondary N) is 1. The first-order valence-electron chi connectivity index (χ1n) is 8.80. The summed E-state index contributed by atoms with van der Waals surface area (Å²) in [6, 6.07) is 12.4. The van der Waals surface area contributed by atoms with E-state index in [0.29, 0.717) is 17.0 Å². The summed E-state index contributed by atoms with van der Waals surface area (Å²) in [5.74, 6) is -0.151. The van der Waals surface area contributed by atoms with E-state index in [4.69, 9.17) is 4.74 Å². The predicted molar refractivity (Wildman–Crippen MR) is 109 cm³/mol. The highest BCUT2D eigenvalue weighted by Crippen LogP contribution is 2.34. The zero-order valence-electron chi connectivity index (χ0n) is 16.2. The molecule has 3 rings (SSSR count). The van der Waals surface area contributed by atoms with E-state index in [1.807, 2.05) is 0 Å². The number of hydrogen-bond acceptors (Lipinski definition) is 6. The highest BCUT2D eigenvalue weighted by Gasteiger charge is 2.35. The van der Waals surface area contributed by atoms with Gasteiger partial charge in [-0.15, -0.1) is 0 Å². The summed E-state index contributed by atoms with van der Waals surface area (Å²) < 4.78 is 54.3. The zero-order chi connectivity index (χ0) is 21.4. The van der Waals surface area contributed by atoms with E-state index in [9.17, 15) is 21.6 Å². The van der Waals surface area contributed by atoms with Gasteiger partial charge in [-0.3, -0.25) is 9.10 Å². The lowest BCUT2D eigenvalue weighted by atomic mass is 10.1. The maximum atomic E-state index is 12.7. The Morgan fingerprint density at radius 2 is 1.69 bits per heavy atom. The molecule has 1 aliphatic rings. The fourth-order valence-corrected chi connectivity index (χ4v) is 4.59. The molecule has 2 aromatic carbocycles. The van der Waals surface area contributed by atoms with Crippen LogP contribution in [-0.4, -0.2) is 47.9 Å². The molecule has 0 saturated carbocycles. The average molecular weight is 439 g/mol. The van der Waals surface area contributed by atoms with Crippen molar-refractivity contribution in [1.82, 2.24) is 5.32 Å². The van der Waals surface area contributed by atoms with E-state index in [1.54, 1.807) is 43.3 Å². The van der Waals surface area contributed by atoms with Crippen LogP contribution in [0.5, 0.6) is 5.75 Å². The van der Waals surface area contributed by atoms with E-state index >= 15 is 0 Å². The Morgan fingerprint density at radius 1 is 1.07 bits per heavy atom. The molecule has 0 aliphatic carbocycles. The van der Waals surface area contributed by atoms with Crippen molar-refractivity contribution in [2.24, 2.45) is 0 Å². The number of ether oxygens (including phenoxy) is 1. The fourth-order valence-electron chi connectivity index (χ4n) is 3.05. The Labute approximate surface area is 170 Å². The van der Waals surface area contributed by atoms with Gasteiger partial charge in [0.1, 0.15) is 5.75 Å². The van der Waals surface area contributed by atoms with Crippen molar-refractivity contribution < 1.29 is 26.4 Å². The Morgan fingerprint density at radius 3 is 2.28 bits per heavy atom. The van der Waals surface area contributed by atoms with E-state index in [0.717, 1.165) is 16.8 Å². The number of fused-ring (bicyclic) bond motifs is 1. The van der Waals surface area contributed by atoms with E-state index in [1.165, 1.54) is 12.1 Å². The van der Waals surface area contributed by atoms with Gasteiger partial charge < -0.3 is 10.1 Å². The van der Waals surface area contributed by atoms with Crippen LogP contribution in [0.4, 0.5) is 5.69 Å². The predicted octanol–water partition coefficient (Wildman–Crippen LogP) is 1.49. The Balaban J connectivity index is 1.77. The molecule has 0 bridgehead atoms. The third kappa shape index (κ3) is 4.70. The lowest BCUT2D eigenvalue weighted by Crippen LogP contribution is -2.50. The molecule has 8 nitrogen and oxygen atoms in total. The number of rotatable bonds is 5. The minimum absolute atomic E-state index is 0.137. The maximum absolute atomic E-state index is 12.7. The first-order chi connectivity index (χ1) is 13.5. The van der Waals surface area contributed by atoms with E-state index in [2.05, 4.69) is 5.32 Å². The second kappa shape index (κ2) is 7.68. The fraction of sp³-hybridized carbons (Fsp3) is 0.316. The topological polar surface area (TPSA) is 110 Å². The lowest BCUT2D eigenvalue weighted by Gasteiger charge is -2.34. The monoisotopic (exact) mass is 438 g/mol. The van der Waals surface area contributed by atoms with Crippen LogP contribution in [0.3, 0.4) is 0 Å². The van der Waals surface area contributed by atoms with Crippen LogP contribution < -0.4 is 14.4 Å². The van der Waals surface area contributed by atoms with Crippen LogP contribution in [0.15, 0.2) is 53.4 Å². The van der Waals surface area contributed by atoms with Gasteiger partial charge in [-0.1, -0.05) is 24.3 Å². The number of sulfone groups is 1. The summed E-state index contributed by atoms with van der Waals surface area (Å²) in [5, 5.41) is 2.79. The first-order valence-corrected chi connectivity index (χ1v) is 12.5. The number of para-hydroxylation sites is 2. The van der Waals surface area contributed by atoms with Gasteiger partial charge in [0.15, 0.2) is 15.9 Å². The second-order valence-corrected chi connectivity index (χ2v) is 10.9. The second-order valence-electron chi connectivity index (χ2n) is 6.94. The zero-order valence-corrected chi connectivity index (χ0v) is 17.8. The van der Waals surface area contributed by atoms with Crippen molar-refractivity contribution in [2.45, 2.75) is 24.0 Å². The molecule has 1 aliphatic heterocycles. The van der Waals surface area contributed by atoms with Crippen molar-refractivity contribution in [3.05, 3.63) is 54.1 Å². The SMILES string of the molecule is CC(NC(=O)C1CN(S(C)(=O)=O)c2ccccc2O1)c1ccc(S(C)(=O)=O)cc1. The van der Waals surface area contributed by atoms with Gasteiger partial charge in [0.05, 0.1) is 29.4 Å². The van der Waals surface area contributed by atoms with E-state index in [-0.39, 0.29) is 11.4 Å². The number of benzene rings is 2. The number of nitrogens with zero attached hydrogens (tertiary/aromatic N) is 1. The van der Waals surface area contributed by atoms with Gasteiger partial charge in [0.25, 0.3) is 5.91 Å². The molecule has 0 fully saturated rings. The molecule has 0 saturated heterocycles. The number of hydrogen-bond donors (Lipinski definition) is 1. The van der Waals surface area contributed by atoms with Gasteiger partial charge in [-0.2, -0.15) is 0 Å². The number of carbonyl (C=O) groups is 1. The summed E-state index contributed by atoms with van der Waals surface area (Å²) in [6.45, 7) is 1.61. The van der Waals surface area contributed by atoms with Crippen molar-refractivity contribution in [1.29, 1.82) is 0 Å². The molecule has 29 heavy (non-hydrogen) atoms. The van der Waals surface area contributed by atoms with Crippen LogP contribution in [-0.2, 0) is 24.7 Å². The van der Waals surface area contributed by atoms with Crippen molar-refractivity contribution in [2.75, 3.05) is 23.4 Å². The largest absolute Gasteiger partial charge is 0.476 e. The van der Waals surface area contributed by atoms with Crippen LogP contribution >= 0.6 is 0 Å². The molecule has 1 amide bonds. The highest BCUT2D eigenvalue weighted by molar-refractivity contribution is 7.92. The number of amides is 1. The van der Waals surface area contributed by atoms with Gasteiger partial charge in [-0.25, -0.2) is 16.8 Å². The molecule has 2 atom stereocenters. The quantitative estimate of drug-likeness (QED) is 0.758. The highest BCUT2D eigenvalue weighted by atomic mass is 32.2. The Kier molecular flexibility index (Phi) is 5.59. The molecule has 10 heteroatoms. The van der Waals surface area contributed by atoms with Crippen LogP contribution in [0.25, 0.3) is 0 Å². The molecule has 2 aromatic rings. The summed E-state index contributed by atoms with van der Waals surface area (Å²) in [4.78, 5) is 12.9. The van der Waals surface area contributed by atoms with Gasteiger partial charge in [0, 0.05) is 6.26 Å². The van der Waals surface area contributed by atoms with E-state index < -0.39 is 37.9 Å². The molecule has 0 spiro atoms. The molecule has 0 aromatic heterocycles. The van der Waals surface area contributed by atoms with Gasteiger partial charge in [0.2, 0.25) is 10.0 Å². The summed E-state index contributed by atoms with van der Waals surface area (Å²) in [5.41, 5.74) is 1.10. The third-order valence-corrected chi connectivity index (χ3v) is 6.87. The number of carbonyl (C=O) groups excluding carboxylic acids is 1. The Hall–Kier alpha value is -2.59. The first kappa shape index (κ1) is 21.1. The molecule has 1 N–H and O–H groups in total. The number of anilines is 1. The minimum atomic E-state index is -3.59. The van der Waals surface area contributed by atoms with Gasteiger partial charge in [-0.05, 0) is 36.8 Å². The average Bonchev–Trinajstić information content (AvgIpc) is 2.65. The summed E-state index contributed by atoms with van der Waals surface area (Å²) in [6.07, 6.45) is 1.19. The van der Waals surface area contributed by atoms with Crippen molar-refractivity contribution in [3.8, 4) is 5.75 Å². The third-order valence-electron chi connectivity index (χ3n) is 4.59. The normalized spacial score (nSPS) is 17.8. The molecular formula is C19H22N2O6S2. The molecular weight excluding hydrogens is 416 g/mol. The Bertz CT molecular complexity index is 1130. The minimum Gasteiger partial charge on any atom is -0.476 e. The van der Waals surface area contributed by atoms with Crippen molar-refractivity contribution >= 4 is 31.5 Å².